The number of aromatic nitrogens is 2. The first-order valence-corrected chi connectivity index (χ1v) is 5.11. The van der Waals surface area contributed by atoms with Crippen molar-refractivity contribution in [2.45, 2.75) is 19.6 Å². The Bertz CT molecular complexity index is 563. The van der Waals surface area contributed by atoms with E-state index < -0.39 is 11.9 Å². The van der Waals surface area contributed by atoms with Gasteiger partial charge in [0.05, 0.1) is 6.26 Å². The monoisotopic (exact) mass is 257 g/mol. The van der Waals surface area contributed by atoms with E-state index in [1.807, 2.05) is 0 Å². The van der Waals surface area contributed by atoms with Gasteiger partial charge in [-0.1, -0.05) is 0 Å². The van der Waals surface area contributed by atoms with Crippen molar-refractivity contribution in [2.75, 3.05) is 0 Å². The van der Waals surface area contributed by atoms with Crippen LogP contribution in [-0.2, 0) is 12.7 Å². The molecule has 0 amide bonds. The van der Waals surface area contributed by atoms with Crippen molar-refractivity contribution >= 4 is 0 Å². The van der Waals surface area contributed by atoms with E-state index in [9.17, 15) is 13.2 Å². The first kappa shape index (κ1) is 12.6. The van der Waals surface area contributed by atoms with Gasteiger partial charge >= 0.3 is 6.18 Å². The highest BCUT2D eigenvalue weighted by Crippen LogP contribution is 2.32. The van der Waals surface area contributed by atoms with E-state index in [4.69, 9.17) is 10.2 Å². The molecule has 0 saturated heterocycles. The van der Waals surface area contributed by atoms with E-state index in [2.05, 4.69) is 9.97 Å². The normalized spacial score (nSPS) is 11.8. The second-order valence-corrected chi connectivity index (χ2v) is 3.70. The predicted octanol–water partition coefficient (Wildman–Crippen LogP) is 2.52. The Kier molecular flexibility index (Phi) is 3.08. The maximum Gasteiger partial charge on any atom is 0.433 e. The van der Waals surface area contributed by atoms with Crippen LogP contribution < -0.4 is 5.73 Å². The number of nitrogens with zero attached hydrogens (tertiary/aromatic N) is 2. The number of alkyl halides is 3. The Labute approximate surface area is 101 Å². The van der Waals surface area contributed by atoms with Crippen molar-refractivity contribution in [3.8, 4) is 11.6 Å². The standard InChI is InChI=1S/C11H10F3N3O/c1-6-2-3-18-8(6)10-16-5-7(4-15)9(17-10)11(12,13)14/h2-3,5H,4,15H2,1H3. The second kappa shape index (κ2) is 4.41. The van der Waals surface area contributed by atoms with Gasteiger partial charge in [-0.05, 0) is 18.6 Å². The zero-order valence-corrected chi connectivity index (χ0v) is 9.45. The first-order valence-electron chi connectivity index (χ1n) is 5.11. The summed E-state index contributed by atoms with van der Waals surface area (Å²) < 4.78 is 43.4. The van der Waals surface area contributed by atoms with Gasteiger partial charge < -0.3 is 10.2 Å². The molecule has 0 atom stereocenters. The summed E-state index contributed by atoms with van der Waals surface area (Å²) in [6.45, 7) is 1.43. The Balaban J connectivity index is 2.57. The smallest absolute Gasteiger partial charge is 0.433 e. The summed E-state index contributed by atoms with van der Waals surface area (Å²) in [5, 5.41) is 0. The SMILES string of the molecule is Cc1ccoc1-c1ncc(CN)c(C(F)(F)F)n1. The third-order valence-electron chi connectivity index (χ3n) is 2.42. The summed E-state index contributed by atoms with van der Waals surface area (Å²) in [4.78, 5) is 7.35. The highest BCUT2D eigenvalue weighted by Gasteiger charge is 2.36. The van der Waals surface area contributed by atoms with E-state index >= 15 is 0 Å². The predicted molar refractivity (Wildman–Crippen MR) is 57.4 cm³/mol. The average Bonchev–Trinajstić information content (AvgIpc) is 2.73. The summed E-state index contributed by atoms with van der Waals surface area (Å²) >= 11 is 0. The summed E-state index contributed by atoms with van der Waals surface area (Å²) in [6, 6.07) is 1.63. The number of halogens is 3. The molecule has 2 aromatic heterocycles. The molecule has 0 bridgehead atoms. The molecule has 0 fully saturated rings. The van der Waals surface area contributed by atoms with Crippen LogP contribution in [0.2, 0.25) is 0 Å². The topological polar surface area (TPSA) is 64.9 Å². The van der Waals surface area contributed by atoms with Crippen LogP contribution in [0.4, 0.5) is 13.2 Å². The van der Waals surface area contributed by atoms with Crippen molar-refractivity contribution in [3.05, 3.63) is 35.3 Å². The molecular weight excluding hydrogens is 247 g/mol. The van der Waals surface area contributed by atoms with Crippen molar-refractivity contribution in [1.29, 1.82) is 0 Å². The molecule has 7 heteroatoms. The Morgan fingerprint density at radius 3 is 2.61 bits per heavy atom. The molecule has 2 aromatic rings. The molecule has 0 saturated carbocycles. The van der Waals surface area contributed by atoms with Crippen LogP contribution in [-0.4, -0.2) is 9.97 Å². The molecule has 4 nitrogen and oxygen atoms in total. The lowest BCUT2D eigenvalue weighted by Crippen LogP contribution is -2.15. The number of aryl methyl sites for hydroxylation is 1. The number of nitrogens with two attached hydrogens (primary N) is 1. The van der Waals surface area contributed by atoms with E-state index in [0.29, 0.717) is 5.56 Å². The third-order valence-corrected chi connectivity index (χ3v) is 2.42. The quantitative estimate of drug-likeness (QED) is 0.897. The largest absolute Gasteiger partial charge is 0.461 e. The molecule has 0 aromatic carbocycles. The molecule has 2 heterocycles. The van der Waals surface area contributed by atoms with Crippen molar-refractivity contribution in [2.24, 2.45) is 5.73 Å². The minimum absolute atomic E-state index is 0.0953. The summed E-state index contributed by atoms with van der Waals surface area (Å²) in [6.07, 6.45) is -2.11. The van der Waals surface area contributed by atoms with Gasteiger partial charge in [0.2, 0.25) is 0 Å². The number of furan rings is 1. The van der Waals surface area contributed by atoms with E-state index in [0.717, 1.165) is 6.20 Å². The van der Waals surface area contributed by atoms with Crippen LogP contribution in [0.25, 0.3) is 11.6 Å². The van der Waals surface area contributed by atoms with Crippen LogP contribution in [0.1, 0.15) is 16.8 Å². The van der Waals surface area contributed by atoms with Gasteiger partial charge in [0.25, 0.3) is 0 Å². The molecule has 2 N–H and O–H groups in total. The highest BCUT2D eigenvalue weighted by atomic mass is 19.4. The fourth-order valence-corrected chi connectivity index (χ4v) is 1.51. The Morgan fingerprint density at radius 1 is 1.39 bits per heavy atom. The lowest BCUT2D eigenvalue weighted by molar-refractivity contribution is -0.141. The first-order chi connectivity index (χ1) is 8.43. The Morgan fingerprint density at radius 2 is 2.11 bits per heavy atom. The van der Waals surface area contributed by atoms with Crippen LogP contribution in [0.15, 0.2) is 22.9 Å². The fraction of sp³-hybridized carbons (Fsp3) is 0.273. The minimum Gasteiger partial charge on any atom is -0.461 e. The van der Waals surface area contributed by atoms with Gasteiger partial charge in [-0.25, -0.2) is 9.97 Å². The molecule has 18 heavy (non-hydrogen) atoms. The molecule has 0 aliphatic carbocycles. The maximum absolute atomic E-state index is 12.8. The van der Waals surface area contributed by atoms with Crippen LogP contribution in [0.5, 0.6) is 0 Å². The second-order valence-electron chi connectivity index (χ2n) is 3.70. The summed E-state index contributed by atoms with van der Waals surface area (Å²) in [7, 11) is 0. The van der Waals surface area contributed by atoms with Crippen molar-refractivity contribution in [1.82, 2.24) is 9.97 Å². The Hall–Kier alpha value is -1.89. The van der Waals surface area contributed by atoms with E-state index in [-0.39, 0.29) is 23.7 Å². The summed E-state index contributed by atoms with van der Waals surface area (Å²) in [5.41, 5.74) is 4.75. The van der Waals surface area contributed by atoms with Gasteiger partial charge in [0, 0.05) is 18.3 Å². The zero-order valence-electron chi connectivity index (χ0n) is 9.45. The average molecular weight is 257 g/mol. The highest BCUT2D eigenvalue weighted by molar-refractivity contribution is 5.52. The van der Waals surface area contributed by atoms with Crippen molar-refractivity contribution in [3.63, 3.8) is 0 Å². The van der Waals surface area contributed by atoms with Crippen LogP contribution in [0.3, 0.4) is 0 Å². The lowest BCUT2D eigenvalue weighted by Gasteiger charge is -2.10. The minimum atomic E-state index is -4.56. The van der Waals surface area contributed by atoms with Crippen LogP contribution in [0, 0.1) is 6.92 Å². The molecule has 0 aliphatic rings. The molecule has 2 rings (SSSR count). The third kappa shape index (κ3) is 2.21. The molecule has 96 valence electrons. The maximum atomic E-state index is 12.8. The van der Waals surface area contributed by atoms with Gasteiger partial charge in [-0.3, -0.25) is 0 Å². The van der Waals surface area contributed by atoms with E-state index in [1.54, 1.807) is 13.0 Å². The van der Waals surface area contributed by atoms with Gasteiger partial charge in [0.15, 0.2) is 17.3 Å². The fourth-order valence-electron chi connectivity index (χ4n) is 1.51. The summed E-state index contributed by atoms with van der Waals surface area (Å²) in [5.74, 6) is 0.131. The van der Waals surface area contributed by atoms with Gasteiger partial charge in [0.1, 0.15) is 0 Å². The van der Waals surface area contributed by atoms with E-state index in [1.165, 1.54) is 6.26 Å². The lowest BCUT2D eigenvalue weighted by atomic mass is 10.2. The molecular formula is C11H10F3N3O. The number of rotatable bonds is 2. The molecule has 0 unspecified atom stereocenters. The van der Waals surface area contributed by atoms with Gasteiger partial charge in [-0.2, -0.15) is 13.2 Å². The zero-order chi connectivity index (χ0) is 13.3. The van der Waals surface area contributed by atoms with Crippen molar-refractivity contribution < 1.29 is 17.6 Å². The van der Waals surface area contributed by atoms with Gasteiger partial charge in [-0.15, -0.1) is 0 Å². The number of hydrogen-bond donors (Lipinski definition) is 1. The molecule has 0 aliphatic heterocycles. The molecule has 0 radical (unpaired) electrons. The van der Waals surface area contributed by atoms with Crippen LogP contribution >= 0.6 is 0 Å². The molecule has 0 spiro atoms. The number of hydrogen-bond acceptors (Lipinski definition) is 4.